The van der Waals surface area contributed by atoms with E-state index in [9.17, 15) is 9.18 Å². The van der Waals surface area contributed by atoms with E-state index >= 15 is 0 Å². The first-order chi connectivity index (χ1) is 12.6. The Morgan fingerprint density at radius 1 is 1.04 bits per heavy atom. The van der Waals surface area contributed by atoms with Gasteiger partial charge in [0.25, 0.3) is 0 Å². The van der Waals surface area contributed by atoms with E-state index in [0.717, 1.165) is 12.2 Å². The van der Waals surface area contributed by atoms with Crippen LogP contribution in [-0.2, 0) is 17.8 Å². The van der Waals surface area contributed by atoms with Crippen LogP contribution in [0.1, 0.15) is 11.1 Å². The maximum Gasteiger partial charge on any atom is 0.229 e. The van der Waals surface area contributed by atoms with Crippen LogP contribution in [0.3, 0.4) is 0 Å². The first-order valence-electron chi connectivity index (χ1n) is 8.35. The molecule has 1 heterocycles. The minimum atomic E-state index is -0.348. The molecule has 5 heteroatoms. The summed E-state index contributed by atoms with van der Waals surface area (Å²) in [4.78, 5) is 18.4. The predicted molar refractivity (Wildman–Crippen MR) is 102 cm³/mol. The van der Waals surface area contributed by atoms with Crippen LogP contribution in [0.15, 0.2) is 72.9 Å². The van der Waals surface area contributed by atoms with Crippen LogP contribution in [-0.4, -0.2) is 17.9 Å². The van der Waals surface area contributed by atoms with Crippen molar-refractivity contribution in [2.24, 2.45) is 0 Å². The highest BCUT2D eigenvalue weighted by Crippen LogP contribution is 2.16. The van der Waals surface area contributed by atoms with Gasteiger partial charge in [-0.15, -0.1) is 0 Å². The maximum atomic E-state index is 13.2. The highest BCUT2D eigenvalue weighted by atomic mass is 19.1. The summed E-state index contributed by atoms with van der Waals surface area (Å²) >= 11 is 0. The number of carbonyl (C=O) groups is 1. The first-order valence-corrected chi connectivity index (χ1v) is 8.35. The van der Waals surface area contributed by atoms with E-state index in [2.05, 4.69) is 27.3 Å². The van der Waals surface area contributed by atoms with Gasteiger partial charge in [-0.3, -0.25) is 4.79 Å². The molecular weight excluding hydrogens is 329 g/mol. The molecule has 0 aliphatic heterocycles. The van der Waals surface area contributed by atoms with E-state index in [1.165, 1.54) is 17.7 Å². The standard InChI is InChI=1S/C21H20FN3O/c1-25(15-16-6-3-2-4-7-16)19-10-11-20(23-14-19)24-21(26)13-17-8-5-9-18(22)12-17/h2-12,14H,13,15H2,1H3,(H,23,24,26). The van der Waals surface area contributed by atoms with E-state index in [4.69, 9.17) is 0 Å². The molecule has 1 N–H and O–H groups in total. The molecule has 0 aliphatic rings. The lowest BCUT2D eigenvalue weighted by Crippen LogP contribution is -2.18. The number of halogens is 1. The predicted octanol–water partition coefficient (Wildman–Crippen LogP) is 4.04. The van der Waals surface area contributed by atoms with Crippen molar-refractivity contribution in [2.75, 3.05) is 17.3 Å². The normalized spacial score (nSPS) is 10.4. The molecule has 0 radical (unpaired) electrons. The van der Waals surface area contributed by atoms with Crippen LogP contribution in [0, 0.1) is 5.82 Å². The van der Waals surface area contributed by atoms with Gasteiger partial charge in [-0.25, -0.2) is 9.37 Å². The lowest BCUT2D eigenvalue weighted by atomic mass is 10.1. The number of hydrogen-bond acceptors (Lipinski definition) is 3. The molecule has 0 aliphatic carbocycles. The number of carbonyl (C=O) groups excluding carboxylic acids is 1. The van der Waals surface area contributed by atoms with Gasteiger partial charge in [0.05, 0.1) is 18.3 Å². The van der Waals surface area contributed by atoms with E-state index < -0.39 is 0 Å². The van der Waals surface area contributed by atoms with Crippen LogP contribution in [0.5, 0.6) is 0 Å². The second kappa shape index (κ2) is 8.25. The van der Waals surface area contributed by atoms with E-state index in [-0.39, 0.29) is 18.1 Å². The van der Waals surface area contributed by atoms with Crippen molar-refractivity contribution < 1.29 is 9.18 Å². The van der Waals surface area contributed by atoms with Gasteiger partial charge in [-0.2, -0.15) is 0 Å². The Kier molecular flexibility index (Phi) is 5.59. The molecule has 0 atom stereocenters. The Morgan fingerprint density at radius 3 is 2.50 bits per heavy atom. The van der Waals surface area contributed by atoms with Crippen LogP contribution < -0.4 is 10.2 Å². The Labute approximate surface area is 152 Å². The first kappa shape index (κ1) is 17.6. The van der Waals surface area contributed by atoms with Gasteiger partial charge in [-0.1, -0.05) is 42.5 Å². The van der Waals surface area contributed by atoms with Gasteiger partial charge in [0, 0.05) is 13.6 Å². The Hall–Kier alpha value is -3.21. The lowest BCUT2D eigenvalue weighted by Gasteiger charge is -2.19. The second-order valence-corrected chi connectivity index (χ2v) is 6.10. The SMILES string of the molecule is CN(Cc1ccccc1)c1ccc(NC(=O)Cc2cccc(F)c2)nc1. The monoisotopic (exact) mass is 349 g/mol. The third-order valence-electron chi connectivity index (χ3n) is 3.97. The fourth-order valence-electron chi connectivity index (χ4n) is 2.65. The Bertz CT molecular complexity index is 866. The average molecular weight is 349 g/mol. The Morgan fingerprint density at radius 2 is 1.81 bits per heavy atom. The van der Waals surface area contributed by atoms with Crippen molar-refractivity contribution in [1.82, 2.24) is 4.98 Å². The van der Waals surface area contributed by atoms with E-state index in [1.807, 2.05) is 31.3 Å². The molecule has 0 saturated heterocycles. The van der Waals surface area contributed by atoms with Gasteiger partial charge in [0.15, 0.2) is 0 Å². The molecule has 0 saturated carbocycles. The summed E-state index contributed by atoms with van der Waals surface area (Å²) in [5.41, 5.74) is 2.79. The number of rotatable bonds is 6. The molecule has 1 amide bonds. The highest BCUT2D eigenvalue weighted by Gasteiger charge is 2.07. The van der Waals surface area contributed by atoms with Crippen LogP contribution in [0.4, 0.5) is 15.9 Å². The zero-order valence-electron chi connectivity index (χ0n) is 14.5. The smallest absolute Gasteiger partial charge is 0.229 e. The molecule has 4 nitrogen and oxygen atoms in total. The van der Waals surface area contributed by atoms with Gasteiger partial charge in [-0.05, 0) is 35.4 Å². The molecule has 0 unspecified atom stereocenters. The minimum absolute atomic E-state index is 0.106. The second-order valence-electron chi connectivity index (χ2n) is 6.10. The quantitative estimate of drug-likeness (QED) is 0.730. The summed E-state index contributed by atoms with van der Waals surface area (Å²) in [6.07, 6.45) is 1.83. The molecule has 132 valence electrons. The lowest BCUT2D eigenvalue weighted by molar-refractivity contribution is -0.115. The largest absolute Gasteiger partial charge is 0.369 e. The molecule has 2 aromatic carbocycles. The summed E-state index contributed by atoms with van der Waals surface area (Å²) < 4.78 is 13.2. The van der Waals surface area contributed by atoms with E-state index in [0.29, 0.717) is 11.4 Å². The van der Waals surface area contributed by atoms with Crippen LogP contribution in [0.25, 0.3) is 0 Å². The Balaban J connectivity index is 1.57. The van der Waals surface area contributed by atoms with Crippen molar-refractivity contribution in [3.63, 3.8) is 0 Å². The molecule has 1 aromatic heterocycles. The summed E-state index contributed by atoms with van der Waals surface area (Å²) in [5, 5.41) is 2.73. The minimum Gasteiger partial charge on any atom is -0.369 e. The van der Waals surface area contributed by atoms with E-state index in [1.54, 1.807) is 24.4 Å². The number of benzene rings is 2. The number of amides is 1. The van der Waals surface area contributed by atoms with Crippen molar-refractivity contribution in [3.05, 3.63) is 89.9 Å². The highest BCUT2D eigenvalue weighted by molar-refractivity contribution is 5.91. The van der Waals surface area contributed by atoms with Gasteiger partial charge < -0.3 is 10.2 Å². The molecule has 3 aromatic rings. The fraction of sp³-hybridized carbons (Fsp3) is 0.143. The van der Waals surface area contributed by atoms with Gasteiger partial charge in [0.2, 0.25) is 5.91 Å². The summed E-state index contributed by atoms with van der Waals surface area (Å²) in [7, 11) is 1.99. The van der Waals surface area contributed by atoms with Crippen LogP contribution >= 0.6 is 0 Å². The zero-order chi connectivity index (χ0) is 18.4. The third kappa shape index (κ3) is 4.89. The third-order valence-corrected chi connectivity index (χ3v) is 3.97. The fourth-order valence-corrected chi connectivity index (χ4v) is 2.65. The average Bonchev–Trinajstić information content (AvgIpc) is 2.63. The molecule has 0 fully saturated rings. The summed E-state index contributed by atoms with van der Waals surface area (Å²) in [6, 6.07) is 19.9. The summed E-state index contributed by atoms with van der Waals surface area (Å²) in [5.74, 6) is -0.101. The number of nitrogens with one attached hydrogen (secondary N) is 1. The molecule has 0 spiro atoms. The molecular formula is C21H20FN3O. The number of anilines is 2. The molecule has 26 heavy (non-hydrogen) atoms. The van der Waals surface area contributed by atoms with Crippen molar-refractivity contribution >= 4 is 17.4 Å². The zero-order valence-corrected chi connectivity index (χ0v) is 14.5. The van der Waals surface area contributed by atoms with Crippen molar-refractivity contribution in [1.29, 1.82) is 0 Å². The van der Waals surface area contributed by atoms with Crippen molar-refractivity contribution in [3.8, 4) is 0 Å². The number of hydrogen-bond donors (Lipinski definition) is 1. The number of aromatic nitrogens is 1. The number of nitrogens with zero attached hydrogens (tertiary/aromatic N) is 2. The van der Waals surface area contributed by atoms with Crippen LogP contribution in [0.2, 0.25) is 0 Å². The maximum absolute atomic E-state index is 13.2. The topological polar surface area (TPSA) is 45.2 Å². The van der Waals surface area contributed by atoms with Gasteiger partial charge in [0.1, 0.15) is 11.6 Å². The van der Waals surface area contributed by atoms with Crippen molar-refractivity contribution in [2.45, 2.75) is 13.0 Å². The number of pyridine rings is 1. The summed E-state index contributed by atoms with van der Waals surface area (Å²) in [6.45, 7) is 0.772. The molecule has 0 bridgehead atoms. The van der Waals surface area contributed by atoms with Gasteiger partial charge >= 0.3 is 0 Å². The molecule has 3 rings (SSSR count).